The average molecular weight is 270 g/mol. The van der Waals surface area contributed by atoms with E-state index in [9.17, 15) is 0 Å². The predicted molar refractivity (Wildman–Crippen MR) is 62.4 cm³/mol. The summed E-state index contributed by atoms with van der Waals surface area (Å²) in [5, 5.41) is 0. The van der Waals surface area contributed by atoms with Crippen LogP contribution in [-0.2, 0) is 27.8 Å². The Bertz CT molecular complexity index is 161. The molecule has 0 amide bonds. The fourth-order valence-corrected chi connectivity index (χ4v) is 3.25. The molecule has 0 aromatic rings. The van der Waals surface area contributed by atoms with Gasteiger partial charge in [-0.2, -0.15) is 0 Å². The largest absolute Gasteiger partial charge is 0.500 e. The third kappa shape index (κ3) is 4.60. The second-order valence-corrected chi connectivity index (χ2v) is 6.37. The van der Waals surface area contributed by atoms with E-state index in [1.54, 1.807) is 21.3 Å². The van der Waals surface area contributed by atoms with Crippen LogP contribution in [0.5, 0.6) is 0 Å². The van der Waals surface area contributed by atoms with Gasteiger partial charge in [0.15, 0.2) is 6.54 Å². The smallest absolute Gasteiger partial charge is 0.377 e. The fraction of sp³-hybridized carbons (Fsp3) is 1.00. The minimum atomic E-state index is -2.53. The second-order valence-electron chi connectivity index (χ2n) is 3.28. The maximum absolute atomic E-state index is 5.32. The van der Waals surface area contributed by atoms with Crippen molar-refractivity contribution < 1.29 is 32.8 Å². The monoisotopic (exact) mass is 270 g/mol. The van der Waals surface area contributed by atoms with Crippen molar-refractivity contribution in [2.75, 3.05) is 49.2 Å². The number of rotatable bonds is 10. The highest BCUT2D eigenvalue weighted by atomic mass is 28.4. The van der Waals surface area contributed by atoms with Crippen molar-refractivity contribution >= 4 is 8.80 Å². The van der Waals surface area contributed by atoms with Crippen LogP contribution in [0.3, 0.4) is 0 Å². The molecule has 0 aliphatic carbocycles. The van der Waals surface area contributed by atoms with Crippen molar-refractivity contribution in [1.82, 2.24) is 0 Å². The van der Waals surface area contributed by atoms with Crippen LogP contribution >= 0.6 is 0 Å². The summed E-state index contributed by atoms with van der Waals surface area (Å²) in [6.07, 6.45) is 0.720. The van der Waals surface area contributed by atoms with E-state index in [1.165, 1.54) is 21.3 Å². The molecule has 0 fully saturated rings. The summed E-state index contributed by atoms with van der Waals surface area (Å²) in [6.45, 7) is 0.508. The Hall–Kier alpha value is -0.0631. The number of hydroxylamine groups is 3. The van der Waals surface area contributed by atoms with Gasteiger partial charge >= 0.3 is 8.80 Å². The summed E-state index contributed by atoms with van der Waals surface area (Å²) in [4.78, 5) is 15.1. The van der Waals surface area contributed by atoms with E-state index in [1.807, 2.05) is 0 Å². The second kappa shape index (κ2) is 8.11. The topological polar surface area (TPSA) is 55.4 Å². The molecule has 0 aromatic carbocycles. The van der Waals surface area contributed by atoms with E-state index in [0.29, 0.717) is 12.6 Å². The molecule has 104 valence electrons. The Morgan fingerprint density at radius 3 is 1.47 bits per heavy atom. The molecule has 8 heteroatoms. The molecule has 0 aromatic heterocycles. The van der Waals surface area contributed by atoms with Crippen LogP contribution in [0.1, 0.15) is 6.42 Å². The van der Waals surface area contributed by atoms with Crippen LogP contribution < -0.4 is 0 Å². The molecule has 0 heterocycles. The van der Waals surface area contributed by atoms with Gasteiger partial charge in [0.1, 0.15) is 21.3 Å². The van der Waals surface area contributed by atoms with Crippen molar-refractivity contribution in [3.05, 3.63) is 0 Å². The van der Waals surface area contributed by atoms with Crippen molar-refractivity contribution in [1.29, 1.82) is 0 Å². The van der Waals surface area contributed by atoms with Crippen LogP contribution in [0.4, 0.5) is 0 Å². The van der Waals surface area contributed by atoms with Gasteiger partial charge in [0.05, 0.1) is 4.97 Å². The first kappa shape index (κ1) is 16.9. The van der Waals surface area contributed by atoms with Crippen LogP contribution in [0.25, 0.3) is 0 Å². The normalized spacial score (nSPS) is 13.1. The summed E-state index contributed by atoms with van der Waals surface area (Å²) in [5.74, 6) is 0. The lowest BCUT2D eigenvalue weighted by Gasteiger charge is -2.27. The number of hydrogen-bond acceptors (Lipinski definition) is 6. The minimum absolute atomic E-state index is 0.332. The van der Waals surface area contributed by atoms with Gasteiger partial charge in [0.2, 0.25) is 0 Å². The third-order valence-electron chi connectivity index (χ3n) is 2.68. The van der Waals surface area contributed by atoms with E-state index in [2.05, 4.69) is 0 Å². The van der Waals surface area contributed by atoms with Gasteiger partial charge in [-0.25, -0.2) is 0 Å². The van der Waals surface area contributed by atoms with E-state index in [4.69, 9.17) is 27.8 Å². The molecule has 17 heavy (non-hydrogen) atoms. The van der Waals surface area contributed by atoms with Crippen molar-refractivity contribution in [2.24, 2.45) is 0 Å². The molecule has 0 aliphatic rings. The van der Waals surface area contributed by atoms with Gasteiger partial charge in [-0.15, -0.1) is 14.5 Å². The van der Waals surface area contributed by atoms with Crippen LogP contribution in [-0.4, -0.2) is 63.0 Å². The van der Waals surface area contributed by atoms with E-state index >= 15 is 0 Å². The molecule has 0 saturated carbocycles. The molecular weight excluding hydrogens is 246 g/mol. The van der Waals surface area contributed by atoms with Gasteiger partial charge in [-0.1, -0.05) is 0 Å². The lowest BCUT2D eigenvalue weighted by atomic mass is 10.5. The standard InChI is InChI=1S/C9H24NO6Si/c1-11-10(12-2,13-3)8-7-9-17(14-4,15-5)16-6/h7-9H2,1-6H3/q+1. The lowest BCUT2D eigenvalue weighted by Crippen LogP contribution is -2.48. The van der Waals surface area contributed by atoms with Gasteiger partial charge in [0.25, 0.3) is 0 Å². The molecule has 0 rings (SSSR count). The van der Waals surface area contributed by atoms with E-state index in [-0.39, 0.29) is 4.97 Å². The molecule has 0 radical (unpaired) electrons. The summed E-state index contributed by atoms with van der Waals surface area (Å²) in [7, 11) is 6.77. The Labute approximate surface area is 104 Å². The highest BCUT2D eigenvalue weighted by molar-refractivity contribution is 6.60. The van der Waals surface area contributed by atoms with E-state index in [0.717, 1.165) is 6.42 Å². The summed E-state index contributed by atoms with van der Waals surface area (Å²) in [5.41, 5.74) is 0. The molecule has 0 spiro atoms. The first-order chi connectivity index (χ1) is 8.07. The predicted octanol–water partition coefficient (Wildman–Crippen LogP) is 0.756. The highest BCUT2D eigenvalue weighted by Gasteiger charge is 2.40. The molecule has 7 nitrogen and oxygen atoms in total. The van der Waals surface area contributed by atoms with Gasteiger partial charge in [-0.05, 0) is 0 Å². The fourth-order valence-electron chi connectivity index (χ4n) is 1.54. The molecule has 0 bridgehead atoms. The van der Waals surface area contributed by atoms with Crippen molar-refractivity contribution in [2.45, 2.75) is 12.5 Å². The van der Waals surface area contributed by atoms with Gasteiger partial charge in [-0.3, -0.25) is 0 Å². The number of quaternary nitrogens is 1. The first-order valence-electron chi connectivity index (χ1n) is 5.28. The van der Waals surface area contributed by atoms with Crippen LogP contribution in [0.15, 0.2) is 0 Å². The SMILES string of the molecule is CO[N+](CCC[Si](OC)(OC)OC)(OC)OC. The molecule has 0 atom stereocenters. The Morgan fingerprint density at radius 1 is 0.765 bits per heavy atom. The number of nitrogens with zero attached hydrogens (tertiary/aromatic N) is 1. The van der Waals surface area contributed by atoms with Crippen molar-refractivity contribution in [3.63, 3.8) is 0 Å². The zero-order chi connectivity index (χ0) is 13.4. The molecule has 0 aliphatic heterocycles. The van der Waals surface area contributed by atoms with Crippen molar-refractivity contribution in [3.8, 4) is 0 Å². The number of hydrogen-bond donors (Lipinski definition) is 0. The van der Waals surface area contributed by atoms with Crippen LogP contribution in [0, 0.1) is 0 Å². The Kier molecular flexibility index (Phi) is 8.08. The minimum Gasteiger partial charge on any atom is -0.377 e. The van der Waals surface area contributed by atoms with Crippen LogP contribution in [0.2, 0.25) is 6.04 Å². The first-order valence-corrected chi connectivity index (χ1v) is 7.21. The van der Waals surface area contributed by atoms with Gasteiger partial charge in [0, 0.05) is 33.8 Å². The average Bonchev–Trinajstić information content (AvgIpc) is 2.41. The zero-order valence-electron chi connectivity index (χ0n) is 11.5. The molecule has 0 N–H and O–H groups in total. The van der Waals surface area contributed by atoms with Gasteiger partial charge < -0.3 is 13.3 Å². The highest BCUT2D eigenvalue weighted by Crippen LogP contribution is 2.18. The molecular formula is C9H24NO6Si+. The zero-order valence-corrected chi connectivity index (χ0v) is 12.5. The Morgan fingerprint density at radius 2 is 1.18 bits per heavy atom. The van der Waals surface area contributed by atoms with E-state index < -0.39 is 8.80 Å². The summed E-state index contributed by atoms with van der Waals surface area (Å²) in [6, 6.07) is 0.659. The summed E-state index contributed by atoms with van der Waals surface area (Å²) >= 11 is 0. The Balaban J connectivity index is 4.28. The lowest BCUT2D eigenvalue weighted by molar-refractivity contribution is -1.36. The molecule has 0 unspecified atom stereocenters. The maximum atomic E-state index is 5.32. The maximum Gasteiger partial charge on any atom is 0.500 e. The summed E-state index contributed by atoms with van der Waals surface area (Å²) < 4.78 is 16.0. The quantitative estimate of drug-likeness (QED) is 0.332. The third-order valence-corrected chi connectivity index (χ3v) is 5.51. The molecule has 0 saturated heterocycles.